The second kappa shape index (κ2) is 54.3. The molecule has 3 aliphatic carbocycles. The molecule has 3 fully saturated rings. The summed E-state index contributed by atoms with van der Waals surface area (Å²) in [6.45, 7) is 10.1. The van der Waals surface area contributed by atoms with Gasteiger partial charge < -0.3 is 85.3 Å². The molecule has 30 nitrogen and oxygen atoms in total. The number of methoxy groups -OCH3 is 12. The van der Waals surface area contributed by atoms with Crippen molar-refractivity contribution in [2.24, 2.45) is 11.8 Å². The lowest BCUT2D eigenvalue weighted by Crippen LogP contribution is -2.21. The third kappa shape index (κ3) is 30.3. The average molecular weight is 1640 g/mol. The first kappa shape index (κ1) is 96.0. The predicted octanol–water partition coefficient (Wildman–Crippen LogP) is 26.0. The van der Waals surface area contributed by atoms with Gasteiger partial charge in [-0.25, -0.2) is 0 Å². The van der Waals surface area contributed by atoms with Gasteiger partial charge in [0.25, 0.3) is 0 Å². The zero-order valence-corrected chi connectivity index (χ0v) is 71.6. The van der Waals surface area contributed by atoms with Crippen molar-refractivity contribution in [1.82, 2.24) is 0 Å². The number of nitrogens with zero attached hydrogens (tertiary/aromatic N) is 12. The summed E-state index contributed by atoms with van der Waals surface area (Å²) >= 11 is 0. The van der Waals surface area contributed by atoms with Crippen LogP contribution in [0, 0.1) is 44.2 Å². The number of benzene rings is 7. The van der Waals surface area contributed by atoms with E-state index < -0.39 is 0 Å². The van der Waals surface area contributed by atoms with E-state index in [0.717, 1.165) is 63.5 Å². The molecule has 0 aliphatic heterocycles. The lowest BCUT2D eigenvalue weighted by Gasteiger charge is -2.24. The molecule has 0 N–H and O–H groups in total. The number of rotatable bonds is 34. The molecule has 0 amide bonds. The van der Waals surface area contributed by atoms with Crippen LogP contribution in [0.4, 0.5) is 34.1 Å². The average Bonchev–Trinajstić information content (AvgIpc) is 0.830. The highest BCUT2D eigenvalue weighted by atomic mass is 16.5. The van der Waals surface area contributed by atoms with E-state index in [9.17, 15) is 10.8 Å². The largest absolute Gasteiger partial charge is 0.496 e. The first-order valence-corrected chi connectivity index (χ1v) is 40.2. The van der Waals surface area contributed by atoms with E-state index in [1.807, 2.05) is 42.5 Å². The Labute approximate surface area is 699 Å². The molecule has 640 valence electrons. The Morgan fingerprint density at radius 2 is 0.551 bits per heavy atom. The Morgan fingerprint density at radius 1 is 0.288 bits per heavy atom. The minimum atomic E-state index is 0. The third-order valence-electron chi connectivity index (χ3n) is 19.9. The predicted molar refractivity (Wildman–Crippen MR) is 459 cm³/mol. The molecule has 2 unspecified atom stereocenters. The molecular weight excluding hydrogens is 1510 g/mol. The molecule has 30 heteroatoms. The van der Waals surface area contributed by atoms with Crippen molar-refractivity contribution in [3.05, 3.63) is 133 Å². The summed E-state index contributed by atoms with van der Waals surface area (Å²) in [6, 6.07) is 29.7. The van der Waals surface area contributed by atoms with Gasteiger partial charge in [-0.15, -0.1) is 0 Å². The molecule has 118 heavy (non-hydrogen) atoms. The Kier molecular flexibility index (Phi) is 44.2. The van der Waals surface area contributed by atoms with E-state index in [0.29, 0.717) is 140 Å². The van der Waals surface area contributed by atoms with Crippen molar-refractivity contribution in [2.45, 2.75) is 194 Å². The summed E-state index contributed by atoms with van der Waals surface area (Å²) in [7, 11) is 18.1. The number of ether oxygens (including phenoxy) is 18. The normalized spacial score (nSPS) is 13.2. The minimum Gasteiger partial charge on any atom is -0.496 e. The van der Waals surface area contributed by atoms with Crippen molar-refractivity contribution in [2.75, 3.05) is 98.5 Å². The molecule has 0 spiro atoms. The first-order valence-electron chi connectivity index (χ1n) is 40.2. The maximum Gasteiger partial charge on any atom is 0.467 e. The van der Waals surface area contributed by atoms with Gasteiger partial charge in [0.05, 0.1) is 117 Å². The quantitative estimate of drug-likeness (QED) is 0.0338. The Morgan fingerprint density at radius 3 is 0.847 bits per heavy atom. The van der Waals surface area contributed by atoms with Crippen LogP contribution in [0.5, 0.6) is 109 Å². The fraction of sp³-hybridized carbons (Fsp3) is 0.523. The van der Waals surface area contributed by atoms with Gasteiger partial charge in [0.2, 0.25) is 101 Å². The maximum absolute atomic E-state index is 9.46. The first-order chi connectivity index (χ1) is 57.5. The highest BCUT2D eigenvalue weighted by molar-refractivity contribution is 5.73. The number of hydrogen-bond donors (Lipinski definition) is 0. The lowest BCUT2D eigenvalue weighted by molar-refractivity contribution is 0.145. The van der Waals surface area contributed by atoms with Crippen molar-refractivity contribution in [3.63, 3.8) is 0 Å². The summed E-state index contributed by atoms with van der Waals surface area (Å²) in [6.07, 6.45) is 27.5. The zero-order chi connectivity index (χ0) is 86.0. The number of para-hydroxylation sites is 1. The molecule has 10 rings (SSSR count). The molecule has 7 aromatic carbocycles. The van der Waals surface area contributed by atoms with Crippen LogP contribution in [0.2, 0.25) is 0 Å². The van der Waals surface area contributed by atoms with Crippen LogP contribution in [0.15, 0.2) is 103 Å². The second-order valence-corrected chi connectivity index (χ2v) is 27.7. The van der Waals surface area contributed by atoms with E-state index in [4.69, 9.17) is 107 Å². The summed E-state index contributed by atoms with van der Waals surface area (Å²) in [5, 5.41) is 54.3. The molecule has 2 atom stereocenters. The molecule has 0 aromatic heterocycles. The van der Waals surface area contributed by atoms with Crippen LogP contribution >= 0.6 is 0 Å². The highest BCUT2D eigenvalue weighted by Crippen LogP contribution is 2.48. The molecule has 7 aromatic rings. The van der Waals surface area contributed by atoms with Gasteiger partial charge in [-0.1, -0.05) is 104 Å². The van der Waals surface area contributed by atoms with Gasteiger partial charge in [-0.2, -0.15) is 0 Å². The molecule has 3 aliphatic rings. The summed E-state index contributed by atoms with van der Waals surface area (Å²) < 4.78 is 97.5. The summed E-state index contributed by atoms with van der Waals surface area (Å²) in [5.74, 6) is 10.7. The molecule has 0 saturated heterocycles. The van der Waals surface area contributed by atoms with Gasteiger partial charge in [0.15, 0.2) is 29.9 Å². The molecule has 0 bridgehead atoms. The third-order valence-corrected chi connectivity index (χ3v) is 19.9. The van der Waals surface area contributed by atoms with E-state index in [1.54, 1.807) is 74.9 Å². The summed E-state index contributed by atoms with van der Waals surface area (Å²) in [4.78, 5) is 19.3. The Bertz CT molecular complexity index is 4290. The zero-order valence-electron chi connectivity index (χ0n) is 71.6. The van der Waals surface area contributed by atoms with Crippen molar-refractivity contribution in [1.29, 1.82) is 32.4 Å². The van der Waals surface area contributed by atoms with E-state index >= 15 is 0 Å². The van der Waals surface area contributed by atoms with Gasteiger partial charge in [0.1, 0.15) is 40.2 Å². The van der Waals surface area contributed by atoms with Crippen LogP contribution in [-0.2, 0) is 0 Å². The standard InChI is InChI=1S/C23H39N2O3.C19H27N2O3.C14H19N2O3.C14H13N2O3.2C9H11N2O3.3H2/c1-6-10-12-18(8-3)16-27-20-14-21(26-5)23(25-24)22(15-20)28-17-19(9-4)13-11-7-2;1-22-17-12-16(23-14-8-4-2-5-9-14)13-18(19(17)21-20)24-15-10-6-3-7-11-15;2*1-17-12-8-11(9-13(18-2)14(12)16-15)19-10-6-4-3-5-7-10;2*1-12-6-4-7(13-2)9(11-10)8(5-6)14-3;;;/h14-15,18-19H,6-13,16-17H2,1-5H3;12-15H,2-11H2,1H3;8-10H,3-7H2,1-2H3;3-9H,1-2H3;2*4-5H,1-3H3;3*1H/q6*+1;;;. The maximum atomic E-state index is 9.46. The fourth-order valence-corrected chi connectivity index (χ4v) is 13.2. The van der Waals surface area contributed by atoms with E-state index in [2.05, 4.69) is 57.6 Å². The van der Waals surface area contributed by atoms with Crippen LogP contribution in [0.25, 0.3) is 29.9 Å². The van der Waals surface area contributed by atoms with Gasteiger partial charge in [-0.3, -0.25) is 0 Å². The van der Waals surface area contributed by atoms with Crippen molar-refractivity contribution >= 4 is 34.1 Å². The summed E-state index contributed by atoms with van der Waals surface area (Å²) in [5.41, 5.74) is 1.66. The molecule has 0 heterocycles. The molecule has 3 saturated carbocycles. The van der Waals surface area contributed by atoms with Gasteiger partial charge in [0, 0.05) is 77.1 Å². The van der Waals surface area contributed by atoms with E-state index in [1.165, 1.54) is 161 Å². The van der Waals surface area contributed by atoms with Crippen molar-refractivity contribution < 1.29 is 89.5 Å². The Balaban J connectivity index is 0.000000497. The Hall–Kier alpha value is -12.5. The monoisotopic (exact) mass is 1640 g/mol. The van der Waals surface area contributed by atoms with Crippen molar-refractivity contribution in [3.8, 4) is 109 Å². The lowest BCUT2D eigenvalue weighted by atomic mass is 9.97. The van der Waals surface area contributed by atoms with Gasteiger partial charge >= 0.3 is 34.1 Å². The van der Waals surface area contributed by atoms with Crippen LogP contribution in [-0.4, -0.2) is 117 Å². The second-order valence-electron chi connectivity index (χ2n) is 27.7. The van der Waals surface area contributed by atoms with Gasteiger partial charge in [-0.05, 0) is 114 Å². The fourth-order valence-electron chi connectivity index (χ4n) is 13.2. The van der Waals surface area contributed by atoms with E-state index in [-0.39, 0.29) is 45.3 Å². The SMILES string of the molecule is CCCCC(CC)COc1cc(OC)c([N+]#N)c(OCC(CC)CCCC)c1.COc1cc(OC)c([N+]#N)c(OC)c1.COc1cc(OC)c([N+]#N)c(OC)c1.COc1cc(OC2CCCCC2)cc(OC)c1[N+]#N.COc1cc(OC2CCCCC2)cc(OC2CCCCC2)c1[N+]#N.COc1cc(Oc2ccccc2)cc(OC)c1[N+]#N.[HH].[HH].[HH]. The smallest absolute Gasteiger partial charge is 0.467 e. The number of diazo groups is 6. The molecule has 0 radical (unpaired) electrons. The highest BCUT2D eigenvalue weighted by Gasteiger charge is 2.33. The van der Waals surface area contributed by atoms with Crippen LogP contribution in [0.1, 0.15) is 180 Å². The molecular formula is C88H126N12O18+6. The number of unbranched alkanes of at least 4 members (excludes halogenated alkanes) is 2. The van der Waals surface area contributed by atoms with Crippen LogP contribution < -0.4 is 85.3 Å². The number of hydrogen-bond acceptors (Lipinski definition) is 24. The topological polar surface area (TPSA) is 335 Å². The minimum absolute atomic E-state index is 0. The van der Waals surface area contributed by atoms with Crippen LogP contribution in [0.3, 0.4) is 0 Å².